The van der Waals surface area contributed by atoms with Gasteiger partial charge in [-0.25, -0.2) is 4.39 Å². The second-order valence-corrected chi connectivity index (χ2v) is 3.96. The molecule has 0 saturated heterocycles. The van der Waals surface area contributed by atoms with Crippen molar-refractivity contribution in [2.75, 3.05) is 0 Å². The Morgan fingerprint density at radius 1 is 0.778 bits per heavy atom. The monoisotopic (exact) mass is 274 g/mol. The largest absolute Gasteiger partial charge is 0.431 e. The van der Waals surface area contributed by atoms with E-state index in [-0.39, 0.29) is 5.56 Å². The molecule has 0 amide bonds. The van der Waals surface area contributed by atoms with Crippen molar-refractivity contribution in [2.45, 2.75) is 31.4 Å². The third-order valence-corrected chi connectivity index (χ3v) is 2.47. The Morgan fingerprint density at radius 2 is 1.17 bits per heavy atom. The summed E-state index contributed by atoms with van der Waals surface area (Å²) in [5.41, 5.74) is -4.94. The molecule has 0 atom stereocenters. The minimum atomic E-state index is -6.00. The lowest BCUT2D eigenvalue weighted by Crippen LogP contribution is -2.54. The van der Waals surface area contributed by atoms with E-state index in [9.17, 15) is 30.7 Å². The van der Waals surface area contributed by atoms with Gasteiger partial charge in [0, 0.05) is 6.42 Å². The molecule has 0 spiro atoms. The minimum Gasteiger partial charge on any atom is -0.223 e. The van der Waals surface area contributed by atoms with Gasteiger partial charge in [-0.1, -0.05) is 29.8 Å². The van der Waals surface area contributed by atoms with Crippen LogP contribution in [0.3, 0.4) is 0 Å². The summed E-state index contributed by atoms with van der Waals surface area (Å²) in [6.45, 7) is 1.61. The highest BCUT2D eigenvalue weighted by Crippen LogP contribution is 2.48. The van der Waals surface area contributed by atoms with Crippen molar-refractivity contribution in [3.05, 3.63) is 35.4 Å². The molecular formula is C11H9F7. The third-order valence-electron chi connectivity index (χ3n) is 2.47. The summed E-state index contributed by atoms with van der Waals surface area (Å²) in [6, 6.07) is 4.73. The van der Waals surface area contributed by atoms with Crippen LogP contribution >= 0.6 is 0 Å². The molecule has 0 nitrogen and oxygen atoms in total. The number of hydrogen-bond acceptors (Lipinski definition) is 0. The molecule has 0 bridgehead atoms. The van der Waals surface area contributed by atoms with E-state index < -0.39 is 24.4 Å². The summed E-state index contributed by atoms with van der Waals surface area (Å²) in [6.07, 6.45) is -13.8. The molecule has 1 aromatic rings. The summed E-state index contributed by atoms with van der Waals surface area (Å²) in [5.74, 6) is 0. The van der Waals surface area contributed by atoms with E-state index >= 15 is 0 Å². The second-order valence-electron chi connectivity index (χ2n) is 3.96. The van der Waals surface area contributed by atoms with E-state index in [1.165, 1.54) is 12.1 Å². The Morgan fingerprint density at radius 3 is 1.50 bits per heavy atom. The van der Waals surface area contributed by atoms with Gasteiger partial charge in [-0.05, 0) is 12.5 Å². The van der Waals surface area contributed by atoms with Crippen LogP contribution < -0.4 is 0 Å². The SMILES string of the molecule is Cc1ccc(CC(F)(C(F)(F)F)C(F)(F)F)cc1. The van der Waals surface area contributed by atoms with Gasteiger partial charge in [0.15, 0.2) is 0 Å². The molecule has 102 valence electrons. The van der Waals surface area contributed by atoms with E-state index in [0.29, 0.717) is 5.56 Å². The molecule has 0 aliphatic heterocycles. The Bertz CT molecular complexity index is 385. The van der Waals surface area contributed by atoms with Crippen molar-refractivity contribution in [1.82, 2.24) is 0 Å². The number of rotatable bonds is 2. The van der Waals surface area contributed by atoms with Crippen molar-refractivity contribution in [3.63, 3.8) is 0 Å². The molecule has 1 aromatic carbocycles. The van der Waals surface area contributed by atoms with Crippen LogP contribution in [0.15, 0.2) is 24.3 Å². The molecule has 7 heteroatoms. The van der Waals surface area contributed by atoms with Crippen molar-refractivity contribution in [2.24, 2.45) is 0 Å². The minimum absolute atomic E-state index is 0.363. The number of halogens is 7. The standard InChI is InChI=1S/C11H9F7/c1-7-2-4-8(5-3-7)6-9(12,10(13,14)15)11(16,17)18/h2-5H,6H2,1H3. The predicted octanol–water partition coefficient (Wildman–Crippen LogP) is 4.37. The van der Waals surface area contributed by atoms with Crippen LogP contribution in [-0.4, -0.2) is 18.0 Å². The van der Waals surface area contributed by atoms with E-state index in [4.69, 9.17) is 0 Å². The van der Waals surface area contributed by atoms with Gasteiger partial charge >= 0.3 is 18.0 Å². The maximum Gasteiger partial charge on any atom is 0.431 e. The highest BCUT2D eigenvalue weighted by Gasteiger charge is 2.72. The zero-order valence-corrected chi connectivity index (χ0v) is 9.16. The van der Waals surface area contributed by atoms with Gasteiger partial charge in [0.05, 0.1) is 0 Å². The normalized spacial score (nSPS) is 13.8. The highest BCUT2D eigenvalue weighted by atomic mass is 19.4. The van der Waals surface area contributed by atoms with Gasteiger partial charge in [-0.3, -0.25) is 0 Å². The first-order valence-electron chi connectivity index (χ1n) is 4.85. The third kappa shape index (κ3) is 2.76. The molecule has 0 heterocycles. The maximum absolute atomic E-state index is 13.3. The predicted molar refractivity (Wildman–Crippen MR) is 50.8 cm³/mol. The molecule has 0 radical (unpaired) electrons. The molecule has 18 heavy (non-hydrogen) atoms. The highest BCUT2D eigenvalue weighted by molar-refractivity contribution is 5.24. The van der Waals surface area contributed by atoms with Gasteiger partial charge in [-0.2, -0.15) is 26.3 Å². The lowest BCUT2D eigenvalue weighted by atomic mass is 9.94. The molecular weight excluding hydrogens is 265 g/mol. The average molecular weight is 274 g/mol. The summed E-state index contributed by atoms with van der Waals surface area (Å²) < 4.78 is 87.0. The van der Waals surface area contributed by atoms with E-state index in [0.717, 1.165) is 12.1 Å². The molecule has 0 aliphatic carbocycles. The van der Waals surface area contributed by atoms with Crippen LogP contribution in [0.4, 0.5) is 30.7 Å². The van der Waals surface area contributed by atoms with E-state index in [2.05, 4.69) is 0 Å². The number of benzene rings is 1. The van der Waals surface area contributed by atoms with E-state index in [1.807, 2.05) is 0 Å². The molecule has 0 fully saturated rings. The zero-order chi connectivity index (χ0) is 14.2. The van der Waals surface area contributed by atoms with Crippen LogP contribution in [0.25, 0.3) is 0 Å². The fourth-order valence-corrected chi connectivity index (χ4v) is 1.35. The van der Waals surface area contributed by atoms with Gasteiger partial charge < -0.3 is 0 Å². The molecule has 0 unspecified atom stereocenters. The van der Waals surface area contributed by atoms with Crippen LogP contribution in [-0.2, 0) is 6.42 Å². The number of aryl methyl sites for hydroxylation is 1. The first kappa shape index (κ1) is 14.8. The molecule has 0 N–H and O–H groups in total. The lowest BCUT2D eigenvalue weighted by molar-refractivity contribution is -0.340. The molecule has 0 saturated carbocycles. The zero-order valence-electron chi connectivity index (χ0n) is 9.16. The number of alkyl halides is 7. The Labute approximate surface area is 98.4 Å². The van der Waals surface area contributed by atoms with Gasteiger partial charge in [-0.15, -0.1) is 0 Å². The quantitative estimate of drug-likeness (QED) is 0.702. The fraction of sp³-hybridized carbons (Fsp3) is 0.455. The summed E-state index contributed by atoms with van der Waals surface area (Å²) in [4.78, 5) is 0. The maximum atomic E-state index is 13.3. The summed E-state index contributed by atoms with van der Waals surface area (Å²) >= 11 is 0. The number of hydrogen-bond donors (Lipinski definition) is 0. The van der Waals surface area contributed by atoms with Gasteiger partial charge in [0.1, 0.15) is 0 Å². The van der Waals surface area contributed by atoms with Crippen molar-refractivity contribution >= 4 is 0 Å². The Balaban J connectivity index is 3.12. The average Bonchev–Trinajstić information content (AvgIpc) is 2.18. The van der Waals surface area contributed by atoms with Crippen LogP contribution in [0.1, 0.15) is 11.1 Å². The topological polar surface area (TPSA) is 0 Å². The summed E-state index contributed by atoms with van der Waals surface area (Å²) in [7, 11) is 0. The first-order valence-corrected chi connectivity index (χ1v) is 4.85. The smallest absolute Gasteiger partial charge is 0.223 e. The van der Waals surface area contributed by atoms with Crippen LogP contribution in [0.5, 0.6) is 0 Å². The second kappa shape index (κ2) is 4.44. The fourth-order valence-electron chi connectivity index (χ4n) is 1.35. The van der Waals surface area contributed by atoms with Gasteiger partial charge in [0.25, 0.3) is 0 Å². The lowest BCUT2D eigenvalue weighted by Gasteiger charge is -2.30. The summed E-state index contributed by atoms with van der Waals surface area (Å²) in [5, 5.41) is 0. The van der Waals surface area contributed by atoms with Crippen LogP contribution in [0.2, 0.25) is 0 Å². The van der Waals surface area contributed by atoms with Crippen molar-refractivity contribution < 1.29 is 30.7 Å². The van der Waals surface area contributed by atoms with Gasteiger partial charge in [0.2, 0.25) is 0 Å². The van der Waals surface area contributed by atoms with Crippen LogP contribution in [0, 0.1) is 6.92 Å². The van der Waals surface area contributed by atoms with Crippen molar-refractivity contribution in [1.29, 1.82) is 0 Å². The van der Waals surface area contributed by atoms with E-state index in [1.54, 1.807) is 6.92 Å². The Kier molecular flexibility index (Phi) is 3.65. The molecule has 1 rings (SSSR count). The first-order chi connectivity index (χ1) is 7.97. The molecule has 0 aromatic heterocycles. The Hall–Kier alpha value is -1.27. The molecule has 0 aliphatic rings. The van der Waals surface area contributed by atoms with Crippen molar-refractivity contribution in [3.8, 4) is 0 Å².